The zero-order chi connectivity index (χ0) is 14.1. The molecule has 1 aromatic carbocycles. The lowest BCUT2D eigenvalue weighted by Crippen LogP contribution is -2.47. The molecule has 0 bridgehead atoms. The van der Waals surface area contributed by atoms with Crippen molar-refractivity contribution in [1.29, 1.82) is 0 Å². The number of halogens is 1. The molecule has 4 atom stereocenters. The van der Waals surface area contributed by atoms with Crippen LogP contribution in [0, 0.1) is 5.92 Å². The van der Waals surface area contributed by atoms with Gasteiger partial charge in [-0.3, -0.25) is 4.79 Å². The van der Waals surface area contributed by atoms with Gasteiger partial charge in [-0.1, -0.05) is 23.7 Å². The number of nitrogens with one attached hydrogen (secondary N) is 2. The van der Waals surface area contributed by atoms with Crippen molar-refractivity contribution in [3.8, 4) is 0 Å². The van der Waals surface area contributed by atoms with Gasteiger partial charge in [0, 0.05) is 23.0 Å². The number of carbonyl (C=O) groups excluding carboxylic acids is 1. The molecule has 1 saturated heterocycles. The van der Waals surface area contributed by atoms with E-state index < -0.39 is 0 Å². The van der Waals surface area contributed by atoms with Crippen molar-refractivity contribution in [2.45, 2.75) is 44.2 Å². The summed E-state index contributed by atoms with van der Waals surface area (Å²) in [4.78, 5) is 12.3. The van der Waals surface area contributed by atoms with E-state index in [4.69, 9.17) is 11.6 Å². The van der Waals surface area contributed by atoms with Crippen LogP contribution in [0.3, 0.4) is 0 Å². The van der Waals surface area contributed by atoms with E-state index >= 15 is 0 Å². The van der Waals surface area contributed by atoms with E-state index in [0.29, 0.717) is 18.0 Å². The van der Waals surface area contributed by atoms with Gasteiger partial charge in [-0.15, -0.1) is 0 Å². The van der Waals surface area contributed by atoms with E-state index in [-0.39, 0.29) is 11.8 Å². The molecule has 1 aliphatic heterocycles. The summed E-state index contributed by atoms with van der Waals surface area (Å²) in [6.45, 7) is 3.17. The molecule has 0 radical (unpaired) electrons. The SMILES string of the molecule is CC1CC(NC(=O)C2CC2c2cccc(Cl)c2)CCN1. The molecule has 2 fully saturated rings. The molecule has 0 spiro atoms. The van der Waals surface area contributed by atoms with Crippen LogP contribution >= 0.6 is 11.6 Å². The van der Waals surface area contributed by atoms with Gasteiger partial charge in [-0.25, -0.2) is 0 Å². The van der Waals surface area contributed by atoms with Crippen LogP contribution in [-0.4, -0.2) is 24.5 Å². The molecule has 3 nitrogen and oxygen atoms in total. The molecule has 2 N–H and O–H groups in total. The first-order chi connectivity index (χ1) is 9.63. The number of hydrogen-bond acceptors (Lipinski definition) is 2. The number of rotatable bonds is 3. The minimum Gasteiger partial charge on any atom is -0.353 e. The highest BCUT2D eigenvalue weighted by Crippen LogP contribution is 2.48. The number of amides is 1. The fourth-order valence-electron chi connectivity index (χ4n) is 3.16. The number of carbonyl (C=O) groups is 1. The van der Waals surface area contributed by atoms with Gasteiger partial charge in [0.15, 0.2) is 0 Å². The molecule has 4 heteroatoms. The monoisotopic (exact) mass is 292 g/mol. The maximum Gasteiger partial charge on any atom is 0.223 e. The van der Waals surface area contributed by atoms with Gasteiger partial charge < -0.3 is 10.6 Å². The van der Waals surface area contributed by atoms with Crippen LogP contribution < -0.4 is 10.6 Å². The van der Waals surface area contributed by atoms with Crippen LogP contribution in [0.25, 0.3) is 0 Å². The first-order valence-corrected chi connectivity index (χ1v) is 7.80. The van der Waals surface area contributed by atoms with Gasteiger partial charge in [-0.2, -0.15) is 0 Å². The number of benzene rings is 1. The third-order valence-corrected chi connectivity index (χ3v) is 4.61. The van der Waals surface area contributed by atoms with Crippen molar-refractivity contribution in [2.75, 3.05) is 6.54 Å². The quantitative estimate of drug-likeness (QED) is 0.899. The second-order valence-electron chi connectivity index (χ2n) is 6.09. The van der Waals surface area contributed by atoms with Crippen molar-refractivity contribution >= 4 is 17.5 Å². The molecule has 20 heavy (non-hydrogen) atoms. The molecule has 1 aromatic rings. The van der Waals surface area contributed by atoms with Crippen LogP contribution in [-0.2, 0) is 4.79 Å². The van der Waals surface area contributed by atoms with Gasteiger partial charge in [-0.05, 0) is 56.3 Å². The summed E-state index contributed by atoms with van der Waals surface area (Å²) in [7, 11) is 0. The molecule has 2 aliphatic rings. The zero-order valence-electron chi connectivity index (χ0n) is 11.7. The van der Waals surface area contributed by atoms with E-state index in [2.05, 4.69) is 23.6 Å². The Labute approximate surface area is 125 Å². The van der Waals surface area contributed by atoms with Gasteiger partial charge in [0.2, 0.25) is 5.91 Å². The Kier molecular flexibility index (Phi) is 3.99. The van der Waals surface area contributed by atoms with Gasteiger partial charge >= 0.3 is 0 Å². The lowest BCUT2D eigenvalue weighted by Gasteiger charge is -2.28. The van der Waals surface area contributed by atoms with Crippen molar-refractivity contribution in [3.63, 3.8) is 0 Å². The van der Waals surface area contributed by atoms with Crippen LogP contribution in [0.2, 0.25) is 5.02 Å². The van der Waals surface area contributed by atoms with Crippen molar-refractivity contribution < 1.29 is 4.79 Å². The lowest BCUT2D eigenvalue weighted by molar-refractivity contribution is -0.123. The largest absolute Gasteiger partial charge is 0.353 e. The van der Waals surface area contributed by atoms with Crippen LogP contribution in [0.4, 0.5) is 0 Å². The summed E-state index contributed by atoms with van der Waals surface area (Å²) >= 11 is 6.01. The van der Waals surface area contributed by atoms with Crippen molar-refractivity contribution in [1.82, 2.24) is 10.6 Å². The first-order valence-electron chi connectivity index (χ1n) is 7.42. The number of hydrogen-bond donors (Lipinski definition) is 2. The first kappa shape index (κ1) is 13.9. The topological polar surface area (TPSA) is 41.1 Å². The summed E-state index contributed by atoms with van der Waals surface area (Å²) < 4.78 is 0. The summed E-state index contributed by atoms with van der Waals surface area (Å²) in [5.74, 6) is 0.709. The second-order valence-corrected chi connectivity index (χ2v) is 6.53. The Morgan fingerprint density at radius 1 is 1.40 bits per heavy atom. The van der Waals surface area contributed by atoms with E-state index in [1.165, 1.54) is 5.56 Å². The standard InChI is InChI=1S/C16H21ClN2O/c1-10-7-13(5-6-18-10)19-16(20)15-9-14(15)11-3-2-4-12(17)8-11/h2-4,8,10,13-15,18H,5-7,9H2,1H3,(H,19,20). The third-order valence-electron chi connectivity index (χ3n) is 4.37. The smallest absolute Gasteiger partial charge is 0.223 e. The summed E-state index contributed by atoms with van der Waals surface area (Å²) in [5.41, 5.74) is 1.19. The fourth-order valence-corrected chi connectivity index (χ4v) is 3.36. The summed E-state index contributed by atoms with van der Waals surface area (Å²) in [6, 6.07) is 8.71. The van der Waals surface area contributed by atoms with E-state index in [0.717, 1.165) is 30.8 Å². The maximum atomic E-state index is 12.3. The van der Waals surface area contributed by atoms with Crippen LogP contribution in [0.5, 0.6) is 0 Å². The fraction of sp³-hybridized carbons (Fsp3) is 0.562. The Morgan fingerprint density at radius 2 is 2.25 bits per heavy atom. The molecular weight excluding hydrogens is 272 g/mol. The van der Waals surface area contributed by atoms with Crippen molar-refractivity contribution in [3.05, 3.63) is 34.9 Å². The molecule has 3 rings (SSSR count). The molecule has 0 aromatic heterocycles. The van der Waals surface area contributed by atoms with E-state index in [9.17, 15) is 4.79 Å². The Bertz CT molecular complexity index is 505. The maximum absolute atomic E-state index is 12.3. The molecule has 108 valence electrons. The van der Waals surface area contributed by atoms with Crippen molar-refractivity contribution in [2.24, 2.45) is 5.92 Å². The second kappa shape index (κ2) is 5.74. The summed E-state index contributed by atoms with van der Waals surface area (Å²) in [5, 5.41) is 7.37. The molecule has 1 heterocycles. The van der Waals surface area contributed by atoms with Gasteiger partial charge in [0.25, 0.3) is 0 Å². The van der Waals surface area contributed by atoms with Crippen LogP contribution in [0.15, 0.2) is 24.3 Å². The summed E-state index contributed by atoms with van der Waals surface area (Å²) in [6.07, 6.45) is 3.01. The predicted molar refractivity (Wildman–Crippen MR) is 80.9 cm³/mol. The Balaban J connectivity index is 1.55. The zero-order valence-corrected chi connectivity index (χ0v) is 12.5. The average Bonchev–Trinajstić information content (AvgIpc) is 3.19. The predicted octanol–water partition coefficient (Wildman–Crippen LogP) is 2.70. The Hall–Kier alpha value is -1.06. The highest BCUT2D eigenvalue weighted by Gasteiger charge is 2.44. The molecule has 1 saturated carbocycles. The number of piperidine rings is 1. The minimum absolute atomic E-state index is 0.138. The van der Waals surface area contributed by atoms with Gasteiger partial charge in [0.05, 0.1) is 0 Å². The van der Waals surface area contributed by atoms with Crippen LogP contribution in [0.1, 0.15) is 37.7 Å². The normalized spacial score (nSPS) is 32.7. The van der Waals surface area contributed by atoms with E-state index in [1.807, 2.05) is 18.2 Å². The highest BCUT2D eigenvalue weighted by atomic mass is 35.5. The van der Waals surface area contributed by atoms with Gasteiger partial charge in [0.1, 0.15) is 0 Å². The van der Waals surface area contributed by atoms with E-state index in [1.54, 1.807) is 0 Å². The molecular formula is C16H21ClN2O. The molecule has 1 amide bonds. The Morgan fingerprint density at radius 3 is 3.00 bits per heavy atom. The third kappa shape index (κ3) is 3.15. The highest BCUT2D eigenvalue weighted by molar-refractivity contribution is 6.30. The average molecular weight is 293 g/mol. The molecule has 1 aliphatic carbocycles. The minimum atomic E-state index is 0.138. The lowest BCUT2D eigenvalue weighted by atomic mass is 10.0. The molecule has 4 unspecified atom stereocenters.